The summed E-state index contributed by atoms with van der Waals surface area (Å²) in [5, 5.41) is 3.29. The third-order valence-corrected chi connectivity index (χ3v) is 5.46. The Morgan fingerprint density at radius 1 is 1.17 bits per heavy atom. The molecule has 1 aromatic rings. The van der Waals surface area contributed by atoms with Crippen LogP contribution < -0.4 is 15.1 Å². The lowest BCUT2D eigenvalue weighted by molar-refractivity contribution is -0.892. The number of carbonyl (C=O) groups excluding carboxylic acids is 1. The summed E-state index contributed by atoms with van der Waals surface area (Å²) in [5.41, 5.74) is 1.30. The highest BCUT2D eigenvalue weighted by molar-refractivity contribution is 5.77. The van der Waals surface area contributed by atoms with Crippen LogP contribution in [0.2, 0.25) is 0 Å². The Kier molecular flexibility index (Phi) is 5.55. The van der Waals surface area contributed by atoms with Gasteiger partial charge in [0, 0.05) is 11.7 Å². The molecule has 0 radical (unpaired) electrons. The number of para-hydroxylation sites is 1. The van der Waals surface area contributed by atoms with E-state index in [-0.39, 0.29) is 5.91 Å². The minimum Gasteiger partial charge on any atom is -0.360 e. The third kappa shape index (κ3) is 4.47. The number of anilines is 1. The number of carbonyl (C=O) groups is 1. The van der Waals surface area contributed by atoms with Crippen molar-refractivity contribution in [3.05, 3.63) is 30.3 Å². The van der Waals surface area contributed by atoms with E-state index in [2.05, 4.69) is 47.5 Å². The van der Waals surface area contributed by atoms with E-state index in [0.29, 0.717) is 18.5 Å². The van der Waals surface area contributed by atoms with Gasteiger partial charge in [0.25, 0.3) is 5.91 Å². The van der Waals surface area contributed by atoms with Crippen molar-refractivity contribution < 1.29 is 9.69 Å². The van der Waals surface area contributed by atoms with Gasteiger partial charge in [-0.25, -0.2) is 0 Å². The van der Waals surface area contributed by atoms with Gasteiger partial charge in [0.2, 0.25) is 0 Å². The number of quaternary nitrogens is 1. The van der Waals surface area contributed by atoms with E-state index in [1.807, 2.05) is 0 Å². The first-order valence-electron chi connectivity index (χ1n) is 9.15. The van der Waals surface area contributed by atoms with Gasteiger partial charge in [0.05, 0.1) is 26.2 Å². The summed E-state index contributed by atoms with van der Waals surface area (Å²) in [4.78, 5) is 16.2. The van der Waals surface area contributed by atoms with E-state index in [4.69, 9.17) is 0 Å². The van der Waals surface area contributed by atoms with Gasteiger partial charge < -0.3 is 15.1 Å². The highest BCUT2D eigenvalue weighted by Gasteiger charge is 2.26. The number of benzene rings is 1. The summed E-state index contributed by atoms with van der Waals surface area (Å²) < 4.78 is 0. The molecule has 1 heterocycles. The molecule has 1 aliphatic heterocycles. The summed E-state index contributed by atoms with van der Waals surface area (Å²) in [6, 6.07) is 11.0. The zero-order chi connectivity index (χ0) is 16.1. The van der Waals surface area contributed by atoms with Gasteiger partial charge in [0.1, 0.15) is 0 Å². The van der Waals surface area contributed by atoms with Gasteiger partial charge in [-0.15, -0.1) is 0 Å². The van der Waals surface area contributed by atoms with Gasteiger partial charge in [-0.1, -0.05) is 38.0 Å². The van der Waals surface area contributed by atoms with Gasteiger partial charge >= 0.3 is 0 Å². The van der Waals surface area contributed by atoms with Crippen molar-refractivity contribution >= 4 is 11.6 Å². The zero-order valence-electron chi connectivity index (χ0n) is 14.3. The van der Waals surface area contributed by atoms with Crippen LogP contribution in [0.4, 0.5) is 5.69 Å². The number of hydrogen-bond acceptors (Lipinski definition) is 2. The fourth-order valence-corrected chi connectivity index (χ4v) is 3.91. The molecule has 0 bridgehead atoms. The molecule has 3 rings (SSSR count). The molecule has 0 aromatic heterocycles. The third-order valence-electron chi connectivity index (χ3n) is 5.46. The van der Waals surface area contributed by atoms with Gasteiger partial charge in [0.15, 0.2) is 6.54 Å². The SMILES string of the molecule is C[C@@H]1CCCC[C@H]1NC(=O)C[NH+]1CCN(c2ccccc2)CC1. The maximum Gasteiger partial charge on any atom is 0.275 e. The molecular weight excluding hydrogens is 286 g/mol. The van der Waals surface area contributed by atoms with Gasteiger partial charge in [-0.2, -0.15) is 0 Å². The molecule has 23 heavy (non-hydrogen) atoms. The van der Waals surface area contributed by atoms with Crippen molar-refractivity contribution in [3.8, 4) is 0 Å². The molecule has 1 amide bonds. The highest BCUT2D eigenvalue weighted by atomic mass is 16.2. The Hall–Kier alpha value is -1.55. The first-order chi connectivity index (χ1) is 11.2. The summed E-state index contributed by atoms with van der Waals surface area (Å²) in [6.45, 7) is 7.06. The molecule has 2 N–H and O–H groups in total. The summed E-state index contributed by atoms with van der Waals surface area (Å²) in [6.07, 6.45) is 5.00. The summed E-state index contributed by atoms with van der Waals surface area (Å²) in [5.74, 6) is 0.879. The second kappa shape index (κ2) is 7.82. The quantitative estimate of drug-likeness (QED) is 0.872. The molecule has 4 nitrogen and oxygen atoms in total. The molecule has 2 aliphatic rings. The molecule has 2 fully saturated rings. The van der Waals surface area contributed by atoms with E-state index in [9.17, 15) is 4.79 Å². The van der Waals surface area contributed by atoms with Crippen LogP contribution in [-0.2, 0) is 4.79 Å². The Balaban J connectivity index is 1.42. The number of hydrogen-bond donors (Lipinski definition) is 2. The largest absolute Gasteiger partial charge is 0.360 e. The number of nitrogens with one attached hydrogen (secondary N) is 2. The van der Waals surface area contributed by atoms with Crippen molar-refractivity contribution in [2.75, 3.05) is 37.6 Å². The molecule has 2 atom stereocenters. The number of piperazine rings is 1. The number of nitrogens with zero attached hydrogens (tertiary/aromatic N) is 1. The van der Waals surface area contributed by atoms with Crippen molar-refractivity contribution in [3.63, 3.8) is 0 Å². The summed E-state index contributed by atoms with van der Waals surface area (Å²) in [7, 11) is 0. The lowest BCUT2D eigenvalue weighted by Crippen LogP contribution is -3.16. The normalized spacial score (nSPS) is 26.0. The fourth-order valence-electron chi connectivity index (χ4n) is 3.91. The van der Waals surface area contributed by atoms with E-state index >= 15 is 0 Å². The Bertz CT molecular complexity index is 497. The van der Waals surface area contributed by atoms with Crippen LogP contribution in [0, 0.1) is 5.92 Å². The van der Waals surface area contributed by atoms with Gasteiger partial charge in [-0.05, 0) is 30.9 Å². The predicted octanol–water partition coefficient (Wildman–Crippen LogP) is 1.09. The Morgan fingerprint density at radius 3 is 2.57 bits per heavy atom. The molecule has 126 valence electrons. The van der Waals surface area contributed by atoms with E-state index in [0.717, 1.165) is 32.6 Å². The lowest BCUT2D eigenvalue weighted by atomic mass is 9.86. The van der Waals surface area contributed by atoms with Crippen LogP contribution in [0.25, 0.3) is 0 Å². The van der Waals surface area contributed by atoms with E-state index in [1.165, 1.54) is 29.8 Å². The van der Waals surface area contributed by atoms with Crippen molar-refractivity contribution in [1.29, 1.82) is 0 Å². The van der Waals surface area contributed by atoms with Crippen LogP contribution in [0.15, 0.2) is 30.3 Å². The van der Waals surface area contributed by atoms with Crippen molar-refractivity contribution in [2.24, 2.45) is 5.92 Å². The van der Waals surface area contributed by atoms with Crippen LogP contribution in [0.3, 0.4) is 0 Å². The topological polar surface area (TPSA) is 36.8 Å². The predicted molar refractivity (Wildman–Crippen MR) is 93.8 cm³/mol. The number of amides is 1. The second-order valence-electron chi connectivity index (χ2n) is 7.19. The molecule has 1 aliphatic carbocycles. The minimum absolute atomic E-state index is 0.243. The van der Waals surface area contributed by atoms with Crippen LogP contribution in [0.1, 0.15) is 32.6 Å². The van der Waals surface area contributed by atoms with Crippen molar-refractivity contribution in [2.45, 2.75) is 38.6 Å². The number of rotatable bonds is 4. The van der Waals surface area contributed by atoms with E-state index in [1.54, 1.807) is 0 Å². The van der Waals surface area contributed by atoms with Crippen LogP contribution in [-0.4, -0.2) is 44.7 Å². The average Bonchev–Trinajstić information content (AvgIpc) is 2.58. The Morgan fingerprint density at radius 2 is 1.87 bits per heavy atom. The lowest BCUT2D eigenvalue weighted by Gasteiger charge is -2.34. The maximum absolute atomic E-state index is 12.3. The zero-order valence-corrected chi connectivity index (χ0v) is 14.3. The minimum atomic E-state index is 0.243. The fraction of sp³-hybridized carbons (Fsp3) is 0.632. The smallest absolute Gasteiger partial charge is 0.275 e. The van der Waals surface area contributed by atoms with Crippen LogP contribution >= 0.6 is 0 Å². The second-order valence-corrected chi connectivity index (χ2v) is 7.19. The van der Waals surface area contributed by atoms with Crippen LogP contribution in [0.5, 0.6) is 0 Å². The van der Waals surface area contributed by atoms with Crippen molar-refractivity contribution in [1.82, 2.24) is 5.32 Å². The highest BCUT2D eigenvalue weighted by Crippen LogP contribution is 2.23. The first kappa shape index (κ1) is 16.3. The molecule has 4 heteroatoms. The molecule has 1 saturated heterocycles. The first-order valence-corrected chi connectivity index (χ1v) is 9.15. The standard InChI is InChI=1S/C19H29N3O/c1-16-7-5-6-10-18(16)20-19(23)15-21-11-13-22(14-12-21)17-8-3-2-4-9-17/h2-4,8-9,16,18H,5-7,10-15H2,1H3,(H,20,23)/p+1/t16-,18-/m1/s1. The molecule has 1 aromatic carbocycles. The Labute approximate surface area is 139 Å². The summed E-state index contributed by atoms with van der Waals surface area (Å²) >= 11 is 0. The molecule has 0 unspecified atom stereocenters. The maximum atomic E-state index is 12.3. The van der Waals surface area contributed by atoms with E-state index < -0.39 is 0 Å². The average molecular weight is 316 g/mol. The molecular formula is C19H30N3O+. The molecule has 1 saturated carbocycles. The molecule has 0 spiro atoms. The van der Waals surface area contributed by atoms with Gasteiger partial charge in [-0.3, -0.25) is 4.79 Å². The monoisotopic (exact) mass is 316 g/mol.